The minimum Gasteiger partial charge on any atom is -0.334 e. The van der Waals surface area contributed by atoms with Gasteiger partial charge in [0.1, 0.15) is 5.82 Å². The lowest BCUT2D eigenvalue weighted by Gasteiger charge is -1.96. The molecule has 4 aromatic rings. The van der Waals surface area contributed by atoms with Crippen LogP contribution in [0.15, 0.2) is 53.3 Å². The van der Waals surface area contributed by atoms with Crippen LogP contribution in [0.2, 0.25) is 0 Å². The molecule has 0 spiro atoms. The minimum absolute atomic E-state index is 0.288. The van der Waals surface area contributed by atoms with Crippen LogP contribution in [0, 0.1) is 5.82 Å². The van der Waals surface area contributed by atoms with E-state index >= 15 is 0 Å². The number of imidazole rings is 1. The van der Waals surface area contributed by atoms with Crippen LogP contribution in [0.5, 0.6) is 0 Å². The predicted molar refractivity (Wildman–Crippen MR) is 79.4 cm³/mol. The number of benzene rings is 2. The van der Waals surface area contributed by atoms with Crippen LogP contribution in [-0.2, 0) is 7.05 Å². The molecule has 2 aromatic carbocycles. The maximum Gasteiger partial charge on any atom is 0.258 e. The van der Waals surface area contributed by atoms with E-state index in [0.717, 1.165) is 16.6 Å². The third kappa shape index (κ3) is 2.05. The molecule has 0 amide bonds. The van der Waals surface area contributed by atoms with Gasteiger partial charge < -0.3 is 9.09 Å². The summed E-state index contributed by atoms with van der Waals surface area (Å²) in [5.74, 6) is 0.398. The second kappa shape index (κ2) is 4.77. The monoisotopic (exact) mass is 294 g/mol. The van der Waals surface area contributed by atoms with Gasteiger partial charge in [0.2, 0.25) is 5.82 Å². The van der Waals surface area contributed by atoms with E-state index in [1.807, 2.05) is 29.8 Å². The molecule has 0 unspecified atom stereocenters. The van der Waals surface area contributed by atoms with Gasteiger partial charge in [-0.25, -0.2) is 9.37 Å². The molecule has 22 heavy (non-hydrogen) atoms. The van der Waals surface area contributed by atoms with Crippen LogP contribution in [0.25, 0.3) is 33.9 Å². The van der Waals surface area contributed by atoms with E-state index in [4.69, 9.17) is 4.52 Å². The van der Waals surface area contributed by atoms with E-state index < -0.39 is 0 Å². The third-order valence-corrected chi connectivity index (χ3v) is 3.48. The molecule has 2 heterocycles. The van der Waals surface area contributed by atoms with Crippen molar-refractivity contribution >= 4 is 11.0 Å². The van der Waals surface area contributed by atoms with Gasteiger partial charge in [0, 0.05) is 18.2 Å². The highest BCUT2D eigenvalue weighted by atomic mass is 19.1. The molecule has 0 bridgehead atoms. The Morgan fingerprint density at radius 2 is 2.00 bits per heavy atom. The first-order valence-corrected chi connectivity index (χ1v) is 6.72. The second-order valence-corrected chi connectivity index (χ2v) is 4.99. The third-order valence-electron chi connectivity index (χ3n) is 3.48. The first-order valence-electron chi connectivity index (χ1n) is 6.72. The van der Waals surface area contributed by atoms with Crippen molar-refractivity contribution in [3.05, 3.63) is 54.6 Å². The molecule has 0 fully saturated rings. The van der Waals surface area contributed by atoms with Crippen LogP contribution in [0.1, 0.15) is 0 Å². The Morgan fingerprint density at radius 3 is 2.86 bits per heavy atom. The molecule has 5 nitrogen and oxygen atoms in total. The van der Waals surface area contributed by atoms with Crippen molar-refractivity contribution in [3.63, 3.8) is 0 Å². The first kappa shape index (κ1) is 12.7. The summed E-state index contributed by atoms with van der Waals surface area (Å²) in [6, 6.07) is 11.8. The number of halogens is 1. The van der Waals surface area contributed by atoms with Crippen molar-refractivity contribution in [2.45, 2.75) is 0 Å². The highest BCUT2D eigenvalue weighted by Crippen LogP contribution is 2.25. The van der Waals surface area contributed by atoms with Crippen molar-refractivity contribution in [2.75, 3.05) is 0 Å². The molecular formula is C16H11FN4O. The summed E-state index contributed by atoms with van der Waals surface area (Å²) in [4.78, 5) is 8.63. The number of fused-ring (bicyclic) bond motifs is 1. The Hall–Kier alpha value is -3.02. The fourth-order valence-corrected chi connectivity index (χ4v) is 2.35. The maximum absolute atomic E-state index is 13.3. The minimum atomic E-state index is -0.341. The highest BCUT2D eigenvalue weighted by molar-refractivity contribution is 5.80. The number of nitrogens with zero attached hydrogens (tertiary/aromatic N) is 4. The van der Waals surface area contributed by atoms with E-state index in [9.17, 15) is 4.39 Å². The van der Waals surface area contributed by atoms with Crippen molar-refractivity contribution in [3.8, 4) is 22.8 Å². The van der Waals surface area contributed by atoms with Gasteiger partial charge in [-0.2, -0.15) is 4.98 Å². The number of hydrogen-bond donors (Lipinski definition) is 0. The molecule has 108 valence electrons. The largest absolute Gasteiger partial charge is 0.334 e. The summed E-state index contributed by atoms with van der Waals surface area (Å²) in [5, 5.41) is 3.96. The molecule has 0 N–H and O–H groups in total. The van der Waals surface area contributed by atoms with Crippen molar-refractivity contribution in [2.24, 2.45) is 7.05 Å². The van der Waals surface area contributed by atoms with E-state index in [1.54, 1.807) is 18.5 Å². The molecule has 0 saturated carbocycles. The lowest BCUT2D eigenvalue weighted by atomic mass is 10.2. The number of hydrogen-bond acceptors (Lipinski definition) is 4. The standard InChI is InChI=1S/C16H11FN4O/c1-21-9-18-13-8-10(5-6-14(13)21)15-19-16(22-20-15)11-3-2-4-12(17)7-11/h2-9H,1H3. The lowest BCUT2D eigenvalue weighted by molar-refractivity contribution is 0.432. The van der Waals surface area contributed by atoms with Gasteiger partial charge in [0.05, 0.1) is 17.4 Å². The summed E-state index contributed by atoms with van der Waals surface area (Å²) in [7, 11) is 1.94. The normalized spacial score (nSPS) is 11.2. The van der Waals surface area contributed by atoms with Gasteiger partial charge in [0.25, 0.3) is 5.89 Å². The molecule has 0 aliphatic heterocycles. The van der Waals surface area contributed by atoms with E-state index in [0.29, 0.717) is 11.4 Å². The summed E-state index contributed by atoms with van der Waals surface area (Å²) in [5.41, 5.74) is 3.24. The summed E-state index contributed by atoms with van der Waals surface area (Å²) >= 11 is 0. The maximum atomic E-state index is 13.3. The molecule has 0 aliphatic rings. The Bertz CT molecular complexity index is 973. The highest BCUT2D eigenvalue weighted by Gasteiger charge is 2.12. The average Bonchev–Trinajstić information content (AvgIpc) is 3.15. The van der Waals surface area contributed by atoms with Crippen LogP contribution >= 0.6 is 0 Å². The summed E-state index contributed by atoms with van der Waals surface area (Å²) < 4.78 is 20.4. The molecule has 4 rings (SSSR count). The summed E-state index contributed by atoms with van der Waals surface area (Å²) in [6.45, 7) is 0. The SMILES string of the molecule is Cn1cnc2cc(-c3noc(-c4cccc(F)c4)n3)ccc21. The van der Waals surface area contributed by atoms with Crippen LogP contribution in [-0.4, -0.2) is 19.7 Å². The van der Waals surface area contributed by atoms with Gasteiger partial charge in [-0.05, 0) is 36.4 Å². The van der Waals surface area contributed by atoms with Crippen LogP contribution < -0.4 is 0 Å². The fourth-order valence-electron chi connectivity index (χ4n) is 2.35. The number of aryl methyl sites for hydroxylation is 1. The second-order valence-electron chi connectivity index (χ2n) is 4.99. The zero-order valence-electron chi connectivity index (χ0n) is 11.7. The van der Waals surface area contributed by atoms with E-state index in [-0.39, 0.29) is 11.7 Å². The average molecular weight is 294 g/mol. The van der Waals surface area contributed by atoms with Crippen LogP contribution in [0.3, 0.4) is 0 Å². The van der Waals surface area contributed by atoms with Gasteiger partial charge in [-0.15, -0.1) is 0 Å². The van der Waals surface area contributed by atoms with Crippen LogP contribution in [0.4, 0.5) is 4.39 Å². The molecule has 2 aromatic heterocycles. The Balaban J connectivity index is 1.76. The number of aromatic nitrogens is 4. The van der Waals surface area contributed by atoms with E-state index in [2.05, 4.69) is 15.1 Å². The van der Waals surface area contributed by atoms with E-state index in [1.165, 1.54) is 12.1 Å². The van der Waals surface area contributed by atoms with Crippen molar-refractivity contribution in [1.29, 1.82) is 0 Å². The van der Waals surface area contributed by atoms with Crippen molar-refractivity contribution in [1.82, 2.24) is 19.7 Å². The first-order chi connectivity index (χ1) is 10.7. The molecule has 0 radical (unpaired) electrons. The predicted octanol–water partition coefficient (Wildman–Crippen LogP) is 3.43. The lowest BCUT2D eigenvalue weighted by Crippen LogP contribution is -1.85. The van der Waals surface area contributed by atoms with Gasteiger partial charge >= 0.3 is 0 Å². The Kier molecular flexibility index (Phi) is 2.75. The smallest absolute Gasteiger partial charge is 0.258 e. The molecule has 0 saturated heterocycles. The molecule has 6 heteroatoms. The topological polar surface area (TPSA) is 56.7 Å². The zero-order chi connectivity index (χ0) is 15.1. The number of rotatable bonds is 2. The Morgan fingerprint density at radius 1 is 1.09 bits per heavy atom. The quantitative estimate of drug-likeness (QED) is 0.568. The molecule has 0 aliphatic carbocycles. The molecular weight excluding hydrogens is 283 g/mol. The van der Waals surface area contributed by atoms with Gasteiger partial charge in [-0.1, -0.05) is 11.2 Å². The molecule has 0 atom stereocenters. The van der Waals surface area contributed by atoms with Gasteiger partial charge in [0.15, 0.2) is 0 Å². The summed E-state index contributed by atoms with van der Waals surface area (Å²) in [6.07, 6.45) is 1.75. The van der Waals surface area contributed by atoms with Gasteiger partial charge in [-0.3, -0.25) is 0 Å². The van der Waals surface area contributed by atoms with Crippen molar-refractivity contribution < 1.29 is 8.91 Å². The fraction of sp³-hybridized carbons (Fsp3) is 0.0625. The zero-order valence-corrected chi connectivity index (χ0v) is 11.7. The Labute approximate surface area is 125 Å².